The summed E-state index contributed by atoms with van der Waals surface area (Å²) in [5.74, 6) is 0. The molecule has 0 aliphatic rings. The van der Waals surface area contributed by atoms with Crippen molar-refractivity contribution in [3.8, 4) is 0 Å². The second kappa shape index (κ2) is 7.43. The quantitative estimate of drug-likeness (QED) is 0.662. The van der Waals surface area contributed by atoms with Gasteiger partial charge in [-0.25, -0.2) is 0 Å². The summed E-state index contributed by atoms with van der Waals surface area (Å²) in [6.45, 7) is 5.33. The van der Waals surface area contributed by atoms with Gasteiger partial charge in [-0.05, 0) is 37.6 Å². The fraction of sp³-hybridized carbons (Fsp3) is 0.538. The largest absolute Gasteiger partial charge is 0.318 e. The lowest BCUT2D eigenvalue weighted by atomic mass is 10.1. The molecule has 1 aromatic rings. The van der Waals surface area contributed by atoms with Crippen LogP contribution in [0.15, 0.2) is 24.3 Å². The first kappa shape index (κ1) is 12.2. The van der Waals surface area contributed by atoms with Crippen LogP contribution in [-0.4, -0.2) is 26.7 Å². The normalized spacial score (nSPS) is 10.5. The van der Waals surface area contributed by atoms with Crippen LogP contribution in [0.4, 0.5) is 0 Å². The van der Waals surface area contributed by atoms with Gasteiger partial charge in [0.25, 0.3) is 0 Å². The van der Waals surface area contributed by atoms with Gasteiger partial charge in [-0.15, -0.1) is 0 Å². The van der Waals surface area contributed by atoms with E-state index < -0.39 is 0 Å². The van der Waals surface area contributed by atoms with Crippen LogP contribution in [0.1, 0.15) is 18.1 Å². The van der Waals surface area contributed by atoms with Crippen molar-refractivity contribution in [3.05, 3.63) is 35.4 Å². The summed E-state index contributed by atoms with van der Waals surface area (Å²) in [5, 5.41) is 6.52. The van der Waals surface area contributed by atoms with Crippen molar-refractivity contribution in [2.45, 2.75) is 19.8 Å². The predicted molar refractivity (Wildman–Crippen MR) is 66.3 cm³/mol. The van der Waals surface area contributed by atoms with Crippen molar-refractivity contribution < 1.29 is 0 Å². The lowest BCUT2D eigenvalue weighted by Gasteiger charge is -2.05. The van der Waals surface area contributed by atoms with Crippen molar-refractivity contribution in [2.75, 3.05) is 26.7 Å². The molecule has 0 radical (unpaired) electrons. The first-order valence-electron chi connectivity index (χ1n) is 5.80. The number of benzene rings is 1. The highest BCUT2D eigenvalue weighted by molar-refractivity contribution is 5.22. The molecule has 2 N–H and O–H groups in total. The molecule has 0 aromatic heterocycles. The minimum atomic E-state index is 1.04. The molecule has 0 heterocycles. The molecule has 1 aromatic carbocycles. The number of hydrogen-bond donors (Lipinski definition) is 2. The van der Waals surface area contributed by atoms with Crippen LogP contribution in [-0.2, 0) is 12.8 Å². The van der Waals surface area contributed by atoms with Crippen molar-refractivity contribution in [3.63, 3.8) is 0 Å². The van der Waals surface area contributed by atoms with Crippen LogP contribution in [0.3, 0.4) is 0 Å². The number of aryl methyl sites for hydroxylation is 1. The zero-order valence-corrected chi connectivity index (χ0v) is 9.84. The number of rotatable bonds is 7. The van der Waals surface area contributed by atoms with Gasteiger partial charge >= 0.3 is 0 Å². The Morgan fingerprint density at radius 1 is 0.933 bits per heavy atom. The molecule has 0 atom stereocenters. The highest BCUT2D eigenvalue weighted by atomic mass is 14.9. The Labute approximate surface area is 93.1 Å². The topological polar surface area (TPSA) is 24.1 Å². The maximum Gasteiger partial charge on any atom is 0.00767 e. The Morgan fingerprint density at radius 2 is 1.60 bits per heavy atom. The van der Waals surface area contributed by atoms with Gasteiger partial charge in [-0.3, -0.25) is 0 Å². The first-order valence-corrected chi connectivity index (χ1v) is 5.80. The number of hydrogen-bond acceptors (Lipinski definition) is 2. The Bertz CT molecular complexity index is 254. The van der Waals surface area contributed by atoms with Gasteiger partial charge in [0.2, 0.25) is 0 Å². The molecule has 0 amide bonds. The summed E-state index contributed by atoms with van der Waals surface area (Å²) >= 11 is 0. The van der Waals surface area contributed by atoms with Crippen LogP contribution in [0.2, 0.25) is 0 Å². The van der Waals surface area contributed by atoms with Gasteiger partial charge < -0.3 is 10.6 Å². The van der Waals surface area contributed by atoms with Crippen LogP contribution in [0.5, 0.6) is 0 Å². The second-order valence-corrected chi connectivity index (χ2v) is 3.77. The molecule has 0 unspecified atom stereocenters. The van der Waals surface area contributed by atoms with Crippen molar-refractivity contribution in [1.29, 1.82) is 0 Å². The van der Waals surface area contributed by atoms with Crippen LogP contribution >= 0.6 is 0 Å². The van der Waals surface area contributed by atoms with E-state index in [4.69, 9.17) is 0 Å². The third-order valence-electron chi connectivity index (χ3n) is 2.57. The Kier molecular flexibility index (Phi) is 6.05. The van der Waals surface area contributed by atoms with E-state index >= 15 is 0 Å². The van der Waals surface area contributed by atoms with Gasteiger partial charge in [0, 0.05) is 13.1 Å². The highest BCUT2D eigenvalue weighted by Crippen LogP contribution is 2.04. The Balaban J connectivity index is 2.20. The van der Waals surface area contributed by atoms with Gasteiger partial charge in [0.1, 0.15) is 0 Å². The summed E-state index contributed by atoms with van der Waals surface area (Å²) in [7, 11) is 1.98. The van der Waals surface area contributed by atoms with Crippen LogP contribution in [0.25, 0.3) is 0 Å². The monoisotopic (exact) mass is 206 g/mol. The molecule has 0 saturated carbocycles. The molecular weight excluding hydrogens is 184 g/mol. The summed E-state index contributed by atoms with van der Waals surface area (Å²) < 4.78 is 0. The molecule has 0 aliphatic carbocycles. The van der Waals surface area contributed by atoms with E-state index in [0.29, 0.717) is 0 Å². The Morgan fingerprint density at radius 3 is 2.20 bits per heavy atom. The van der Waals surface area contributed by atoms with E-state index in [-0.39, 0.29) is 0 Å². The summed E-state index contributed by atoms with van der Waals surface area (Å²) in [6.07, 6.45) is 2.24. The van der Waals surface area contributed by atoms with Crippen molar-refractivity contribution >= 4 is 0 Å². The predicted octanol–water partition coefficient (Wildman–Crippen LogP) is 1.60. The molecule has 0 saturated heterocycles. The van der Waals surface area contributed by atoms with Crippen LogP contribution in [0, 0.1) is 0 Å². The van der Waals surface area contributed by atoms with E-state index in [1.807, 2.05) is 7.05 Å². The summed E-state index contributed by atoms with van der Waals surface area (Å²) in [4.78, 5) is 0. The highest BCUT2D eigenvalue weighted by Gasteiger charge is 1.93. The molecule has 0 fully saturated rings. The van der Waals surface area contributed by atoms with E-state index in [2.05, 4.69) is 41.8 Å². The fourth-order valence-corrected chi connectivity index (χ4v) is 1.51. The zero-order valence-electron chi connectivity index (χ0n) is 9.84. The molecule has 2 nitrogen and oxygen atoms in total. The maximum absolute atomic E-state index is 3.40. The molecule has 0 bridgehead atoms. The molecule has 2 heteroatoms. The fourth-order valence-electron chi connectivity index (χ4n) is 1.51. The summed E-state index contributed by atoms with van der Waals surface area (Å²) in [6, 6.07) is 8.92. The van der Waals surface area contributed by atoms with Gasteiger partial charge in [-0.1, -0.05) is 31.2 Å². The van der Waals surface area contributed by atoms with Crippen LogP contribution < -0.4 is 10.6 Å². The van der Waals surface area contributed by atoms with Crippen molar-refractivity contribution in [1.82, 2.24) is 10.6 Å². The lowest BCUT2D eigenvalue weighted by Crippen LogP contribution is -2.26. The standard InChI is InChI=1S/C13H22N2/c1-3-12-4-6-13(7-5-12)8-9-15-11-10-14-2/h4-7,14-15H,3,8-11H2,1-2H3. The van der Waals surface area contributed by atoms with Gasteiger partial charge in [-0.2, -0.15) is 0 Å². The third-order valence-corrected chi connectivity index (χ3v) is 2.57. The van der Waals surface area contributed by atoms with E-state index in [1.54, 1.807) is 0 Å². The SMILES string of the molecule is CCc1ccc(CCNCCNC)cc1. The number of nitrogens with one attached hydrogen (secondary N) is 2. The molecule has 1 rings (SSSR count). The zero-order chi connectivity index (χ0) is 10.9. The molecule has 0 spiro atoms. The summed E-state index contributed by atoms with van der Waals surface area (Å²) in [5.41, 5.74) is 2.84. The molecular formula is C13H22N2. The third kappa shape index (κ3) is 4.96. The van der Waals surface area contributed by atoms with E-state index in [0.717, 1.165) is 32.5 Å². The van der Waals surface area contributed by atoms with E-state index in [9.17, 15) is 0 Å². The molecule has 84 valence electrons. The molecule has 15 heavy (non-hydrogen) atoms. The Hall–Kier alpha value is -0.860. The smallest absolute Gasteiger partial charge is 0.00767 e. The lowest BCUT2D eigenvalue weighted by molar-refractivity contribution is 0.649. The number of likely N-dealkylation sites (N-methyl/N-ethyl adjacent to an activating group) is 1. The average molecular weight is 206 g/mol. The minimum absolute atomic E-state index is 1.04. The van der Waals surface area contributed by atoms with Crippen molar-refractivity contribution in [2.24, 2.45) is 0 Å². The first-order chi connectivity index (χ1) is 7.36. The average Bonchev–Trinajstić information content (AvgIpc) is 2.30. The second-order valence-electron chi connectivity index (χ2n) is 3.77. The molecule has 0 aliphatic heterocycles. The van der Waals surface area contributed by atoms with Gasteiger partial charge in [0.15, 0.2) is 0 Å². The maximum atomic E-state index is 3.40. The van der Waals surface area contributed by atoms with E-state index in [1.165, 1.54) is 11.1 Å². The van der Waals surface area contributed by atoms with Gasteiger partial charge in [0.05, 0.1) is 0 Å². The minimum Gasteiger partial charge on any atom is -0.318 e.